The largest absolute Gasteiger partial charge is 0.480 e. The molecule has 0 spiro atoms. The molecule has 0 bridgehead atoms. The molecule has 0 aromatic heterocycles. The van der Waals surface area contributed by atoms with E-state index in [2.05, 4.69) is 0 Å². The average molecular weight is 377 g/mol. The minimum atomic E-state index is -1.07. The highest BCUT2D eigenvalue weighted by Crippen LogP contribution is 2.24. The second kappa shape index (κ2) is 8.61. The molecule has 0 radical (unpaired) electrons. The number of rotatable bonds is 5. The van der Waals surface area contributed by atoms with Crippen LogP contribution in [0, 0.1) is 17.0 Å². The van der Waals surface area contributed by atoms with Crippen molar-refractivity contribution in [2.24, 2.45) is 0 Å². The summed E-state index contributed by atoms with van der Waals surface area (Å²) in [6, 6.07) is 4.17. The highest BCUT2D eigenvalue weighted by atomic mass is 16.6. The zero-order chi connectivity index (χ0) is 20.1. The monoisotopic (exact) mass is 377 g/mol. The smallest absolute Gasteiger partial charge is 0.323 e. The predicted octanol–water partition coefficient (Wildman–Crippen LogP) is 1.83. The van der Waals surface area contributed by atoms with Crippen LogP contribution in [-0.2, 0) is 9.59 Å². The number of carbonyl (C=O) groups excluding carboxylic acids is 2. The van der Waals surface area contributed by atoms with Crippen LogP contribution in [0.4, 0.5) is 5.69 Å². The van der Waals surface area contributed by atoms with Gasteiger partial charge in [-0.25, -0.2) is 0 Å². The van der Waals surface area contributed by atoms with Gasteiger partial charge in [-0.15, -0.1) is 0 Å². The fraction of sp³-hybridized carbons (Fsp3) is 0.500. The molecule has 2 rings (SSSR count). The lowest BCUT2D eigenvalue weighted by molar-refractivity contribution is -0.385. The third kappa shape index (κ3) is 4.81. The van der Waals surface area contributed by atoms with Crippen LogP contribution in [0.25, 0.3) is 0 Å². The Hall–Kier alpha value is -2.97. The van der Waals surface area contributed by atoms with E-state index in [1.54, 1.807) is 17.9 Å². The van der Waals surface area contributed by atoms with Gasteiger partial charge in [-0.3, -0.25) is 24.5 Å². The zero-order valence-electron chi connectivity index (χ0n) is 15.4. The lowest BCUT2D eigenvalue weighted by atomic mass is 10.1. The number of carboxylic acid groups (broad SMARTS) is 1. The van der Waals surface area contributed by atoms with E-state index in [9.17, 15) is 24.5 Å². The van der Waals surface area contributed by atoms with Crippen molar-refractivity contribution >= 4 is 23.5 Å². The quantitative estimate of drug-likeness (QED) is 0.617. The van der Waals surface area contributed by atoms with Gasteiger partial charge in [0, 0.05) is 43.2 Å². The Balaban J connectivity index is 2.15. The van der Waals surface area contributed by atoms with E-state index < -0.39 is 10.9 Å². The molecule has 1 aliphatic rings. The van der Waals surface area contributed by atoms with Gasteiger partial charge >= 0.3 is 5.97 Å². The van der Waals surface area contributed by atoms with Crippen LogP contribution in [0.1, 0.15) is 42.1 Å². The molecule has 146 valence electrons. The van der Waals surface area contributed by atoms with Crippen molar-refractivity contribution in [3.8, 4) is 0 Å². The summed E-state index contributed by atoms with van der Waals surface area (Å²) in [6.07, 6.45) is 1.69. The fourth-order valence-electron chi connectivity index (χ4n) is 3.46. The molecular formula is C18H23N3O6. The fourth-order valence-corrected chi connectivity index (χ4v) is 3.46. The summed E-state index contributed by atoms with van der Waals surface area (Å²) in [5.74, 6) is -1.67. The number of hydrogen-bond acceptors (Lipinski definition) is 5. The number of hydrogen-bond donors (Lipinski definition) is 1. The predicted molar refractivity (Wildman–Crippen MR) is 96.4 cm³/mol. The molecule has 9 heteroatoms. The van der Waals surface area contributed by atoms with Crippen LogP contribution in [-0.4, -0.2) is 63.3 Å². The third-order valence-electron chi connectivity index (χ3n) is 4.87. The van der Waals surface area contributed by atoms with Gasteiger partial charge in [0.05, 0.1) is 4.92 Å². The number of likely N-dealkylation sites (tertiary alicyclic amines) is 1. The number of amides is 2. The standard InChI is InChI=1S/C18H23N3O6/c1-12-15(6-3-7-16(12)21(26)27)18(25)19-9-4-5-14(8-10-19)20(13(2)22)11-17(23)24/h3,6-7,14H,4-5,8-11H2,1-2H3,(H,23,24). The number of nitro groups is 1. The molecule has 1 aromatic rings. The van der Waals surface area contributed by atoms with Crippen LogP contribution in [0.15, 0.2) is 18.2 Å². The number of nitro benzene ring substituents is 1. The average Bonchev–Trinajstić information content (AvgIpc) is 2.84. The lowest BCUT2D eigenvalue weighted by Gasteiger charge is -2.29. The molecule has 1 heterocycles. The van der Waals surface area contributed by atoms with Gasteiger partial charge < -0.3 is 14.9 Å². The number of carboxylic acids is 1. The molecule has 1 fully saturated rings. The molecule has 0 aliphatic carbocycles. The van der Waals surface area contributed by atoms with Crippen LogP contribution < -0.4 is 0 Å². The van der Waals surface area contributed by atoms with E-state index in [0.29, 0.717) is 37.9 Å². The van der Waals surface area contributed by atoms with Crippen molar-refractivity contribution in [1.82, 2.24) is 9.80 Å². The van der Waals surface area contributed by atoms with Gasteiger partial charge in [-0.2, -0.15) is 0 Å². The molecule has 1 aromatic carbocycles. The number of carbonyl (C=O) groups is 3. The summed E-state index contributed by atoms with van der Waals surface area (Å²) in [5, 5.41) is 20.1. The number of aliphatic carboxylic acids is 1. The SMILES string of the molecule is CC(=O)N(CC(=O)O)C1CCCN(C(=O)c2cccc([N+](=O)[O-])c2C)CC1. The van der Waals surface area contributed by atoms with Crippen molar-refractivity contribution in [2.75, 3.05) is 19.6 Å². The van der Waals surface area contributed by atoms with Crippen molar-refractivity contribution in [3.05, 3.63) is 39.4 Å². The van der Waals surface area contributed by atoms with Crippen molar-refractivity contribution in [1.29, 1.82) is 0 Å². The Kier molecular flexibility index (Phi) is 6.49. The van der Waals surface area contributed by atoms with Crippen LogP contribution in [0.5, 0.6) is 0 Å². The van der Waals surface area contributed by atoms with E-state index in [0.717, 1.165) is 0 Å². The second-order valence-electron chi connectivity index (χ2n) is 6.62. The van der Waals surface area contributed by atoms with Gasteiger partial charge in [0.25, 0.3) is 11.6 Å². The first kappa shape index (κ1) is 20.3. The molecule has 9 nitrogen and oxygen atoms in total. The molecule has 27 heavy (non-hydrogen) atoms. The molecular weight excluding hydrogens is 354 g/mol. The zero-order valence-corrected chi connectivity index (χ0v) is 15.4. The summed E-state index contributed by atoms with van der Waals surface area (Å²) in [7, 11) is 0. The Morgan fingerprint density at radius 3 is 2.59 bits per heavy atom. The molecule has 1 atom stereocenters. The first-order chi connectivity index (χ1) is 12.7. The number of nitrogens with zero attached hydrogens (tertiary/aromatic N) is 3. The topological polar surface area (TPSA) is 121 Å². The molecule has 2 amide bonds. The summed E-state index contributed by atoms with van der Waals surface area (Å²) in [4.78, 5) is 49.2. The normalized spacial score (nSPS) is 17.1. The maximum absolute atomic E-state index is 12.9. The molecule has 1 N–H and O–H groups in total. The van der Waals surface area contributed by atoms with Crippen molar-refractivity contribution in [2.45, 2.75) is 39.2 Å². The number of benzene rings is 1. The van der Waals surface area contributed by atoms with Crippen molar-refractivity contribution in [3.63, 3.8) is 0 Å². The van der Waals surface area contributed by atoms with Gasteiger partial charge in [-0.1, -0.05) is 6.07 Å². The Morgan fingerprint density at radius 1 is 1.30 bits per heavy atom. The highest BCUT2D eigenvalue weighted by molar-refractivity contribution is 5.96. The summed E-state index contributed by atoms with van der Waals surface area (Å²) in [6.45, 7) is 3.34. The van der Waals surface area contributed by atoms with E-state index in [1.165, 1.54) is 24.0 Å². The molecule has 0 saturated carbocycles. The first-order valence-corrected chi connectivity index (χ1v) is 8.74. The van der Waals surface area contributed by atoms with E-state index in [1.807, 2.05) is 0 Å². The Bertz CT molecular complexity index is 763. The van der Waals surface area contributed by atoms with Crippen molar-refractivity contribution < 1.29 is 24.4 Å². The lowest BCUT2D eigenvalue weighted by Crippen LogP contribution is -2.43. The Labute approximate surface area is 156 Å². The van der Waals surface area contributed by atoms with Crippen LogP contribution in [0.3, 0.4) is 0 Å². The Morgan fingerprint density at radius 2 is 2.00 bits per heavy atom. The van der Waals surface area contributed by atoms with Gasteiger partial charge in [0.1, 0.15) is 6.54 Å². The highest BCUT2D eigenvalue weighted by Gasteiger charge is 2.29. The van der Waals surface area contributed by atoms with Gasteiger partial charge in [0.15, 0.2) is 0 Å². The first-order valence-electron chi connectivity index (χ1n) is 8.74. The van der Waals surface area contributed by atoms with E-state index in [4.69, 9.17) is 5.11 Å². The molecule has 1 saturated heterocycles. The maximum Gasteiger partial charge on any atom is 0.323 e. The van der Waals surface area contributed by atoms with Gasteiger partial charge in [-0.05, 0) is 32.3 Å². The third-order valence-corrected chi connectivity index (χ3v) is 4.87. The van der Waals surface area contributed by atoms with Crippen LogP contribution in [0.2, 0.25) is 0 Å². The van der Waals surface area contributed by atoms with Crippen LogP contribution >= 0.6 is 0 Å². The van der Waals surface area contributed by atoms with E-state index in [-0.39, 0.29) is 35.7 Å². The summed E-state index contributed by atoms with van der Waals surface area (Å²) < 4.78 is 0. The maximum atomic E-state index is 12.9. The minimum Gasteiger partial charge on any atom is -0.480 e. The summed E-state index contributed by atoms with van der Waals surface area (Å²) in [5.41, 5.74) is 0.513. The van der Waals surface area contributed by atoms with Gasteiger partial charge in [0.2, 0.25) is 5.91 Å². The second-order valence-corrected chi connectivity index (χ2v) is 6.62. The minimum absolute atomic E-state index is 0.0993. The van der Waals surface area contributed by atoms with E-state index >= 15 is 0 Å². The molecule has 1 aliphatic heterocycles. The molecule has 1 unspecified atom stereocenters. The summed E-state index contributed by atoms with van der Waals surface area (Å²) >= 11 is 0.